The second-order valence-electron chi connectivity index (χ2n) is 7.78. The third kappa shape index (κ3) is 4.00. The zero-order valence-electron chi connectivity index (χ0n) is 16.5. The molecule has 7 nitrogen and oxygen atoms in total. The van der Waals surface area contributed by atoms with Gasteiger partial charge < -0.3 is 19.3 Å². The summed E-state index contributed by atoms with van der Waals surface area (Å²) in [5, 5.41) is 0. The van der Waals surface area contributed by atoms with Crippen LogP contribution in [0.1, 0.15) is 25.7 Å². The first-order valence-corrected chi connectivity index (χ1v) is 10.2. The first-order valence-electron chi connectivity index (χ1n) is 10.2. The second kappa shape index (κ2) is 8.49. The maximum atomic E-state index is 12.8. The largest absolute Gasteiger partial charge is 0.497 e. The van der Waals surface area contributed by atoms with Crippen LogP contribution in [-0.4, -0.2) is 80.2 Å². The van der Waals surface area contributed by atoms with E-state index in [-0.39, 0.29) is 17.9 Å². The standard InChI is InChI=1S/C21H29N3O4/c1-27-18-5-2-4-17(14-18)24-12-11-23(15-20(24)25)16-7-9-22(10-8-16)21(26)19-6-3-13-28-19/h2,4-5,14,16,19H,3,6-13,15H2,1H3/t19-/m0/s1. The average Bonchev–Trinajstić information content (AvgIpc) is 3.28. The lowest BCUT2D eigenvalue weighted by atomic mass is 10.0. The van der Waals surface area contributed by atoms with Crippen LogP contribution in [0.3, 0.4) is 0 Å². The second-order valence-corrected chi connectivity index (χ2v) is 7.78. The smallest absolute Gasteiger partial charge is 0.251 e. The summed E-state index contributed by atoms with van der Waals surface area (Å²) in [6.45, 7) is 4.18. The van der Waals surface area contributed by atoms with Crippen LogP contribution in [0.25, 0.3) is 0 Å². The van der Waals surface area contributed by atoms with Gasteiger partial charge in [0.15, 0.2) is 0 Å². The van der Waals surface area contributed by atoms with E-state index in [0.717, 1.165) is 56.8 Å². The minimum Gasteiger partial charge on any atom is -0.497 e. The molecule has 0 unspecified atom stereocenters. The summed E-state index contributed by atoms with van der Waals surface area (Å²) in [5.74, 6) is 1.03. The van der Waals surface area contributed by atoms with Gasteiger partial charge in [-0.15, -0.1) is 0 Å². The molecule has 28 heavy (non-hydrogen) atoms. The van der Waals surface area contributed by atoms with Crippen LogP contribution < -0.4 is 9.64 Å². The number of piperidine rings is 1. The Morgan fingerprint density at radius 2 is 1.96 bits per heavy atom. The number of piperazine rings is 1. The maximum Gasteiger partial charge on any atom is 0.251 e. The van der Waals surface area contributed by atoms with Crippen LogP contribution in [0.5, 0.6) is 5.75 Å². The summed E-state index contributed by atoms with van der Waals surface area (Å²) in [6, 6.07) is 8.02. The van der Waals surface area contributed by atoms with E-state index in [2.05, 4.69) is 4.90 Å². The predicted molar refractivity (Wildman–Crippen MR) is 105 cm³/mol. The van der Waals surface area contributed by atoms with Gasteiger partial charge in [0.05, 0.1) is 13.7 Å². The topological polar surface area (TPSA) is 62.3 Å². The molecule has 0 bridgehead atoms. The maximum absolute atomic E-state index is 12.8. The number of anilines is 1. The summed E-state index contributed by atoms with van der Waals surface area (Å²) in [6.07, 6.45) is 3.44. The highest BCUT2D eigenvalue weighted by Crippen LogP contribution is 2.25. The molecule has 3 aliphatic rings. The SMILES string of the molecule is COc1cccc(N2CCN(C3CCN(C(=O)[C@@H]4CCCO4)CC3)CC2=O)c1. The number of ether oxygens (including phenoxy) is 2. The van der Waals surface area contributed by atoms with Gasteiger partial charge in [0.25, 0.3) is 5.91 Å². The molecule has 0 spiro atoms. The first kappa shape index (κ1) is 19.2. The summed E-state index contributed by atoms with van der Waals surface area (Å²) in [7, 11) is 1.63. The molecule has 3 heterocycles. The van der Waals surface area contributed by atoms with E-state index in [1.165, 1.54) is 0 Å². The van der Waals surface area contributed by atoms with Gasteiger partial charge in [-0.2, -0.15) is 0 Å². The molecule has 0 aromatic heterocycles. The van der Waals surface area contributed by atoms with E-state index in [1.807, 2.05) is 34.1 Å². The molecule has 4 rings (SSSR count). The van der Waals surface area contributed by atoms with E-state index in [4.69, 9.17) is 9.47 Å². The van der Waals surface area contributed by atoms with Crippen LogP contribution >= 0.6 is 0 Å². The molecule has 3 aliphatic heterocycles. The van der Waals surface area contributed by atoms with Crippen molar-refractivity contribution in [2.24, 2.45) is 0 Å². The van der Waals surface area contributed by atoms with Gasteiger partial charge in [0, 0.05) is 50.6 Å². The van der Waals surface area contributed by atoms with Gasteiger partial charge in [-0.25, -0.2) is 0 Å². The molecule has 2 amide bonds. The number of carbonyl (C=O) groups is 2. The van der Waals surface area contributed by atoms with Crippen molar-refractivity contribution in [2.45, 2.75) is 37.8 Å². The van der Waals surface area contributed by atoms with Gasteiger partial charge in [0.2, 0.25) is 5.91 Å². The third-order valence-electron chi connectivity index (χ3n) is 6.11. The van der Waals surface area contributed by atoms with Crippen molar-refractivity contribution < 1.29 is 19.1 Å². The number of hydrogen-bond acceptors (Lipinski definition) is 5. The molecule has 3 fully saturated rings. The Morgan fingerprint density at radius 1 is 1.14 bits per heavy atom. The van der Waals surface area contributed by atoms with Crippen LogP contribution in [0.4, 0.5) is 5.69 Å². The van der Waals surface area contributed by atoms with Crippen molar-refractivity contribution in [3.05, 3.63) is 24.3 Å². The van der Waals surface area contributed by atoms with Crippen molar-refractivity contribution in [3.63, 3.8) is 0 Å². The fourth-order valence-electron chi connectivity index (χ4n) is 4.48. The Kier molecular flexibility index (Phi) is 5.82. The molecule has 0 aliphatic carbocycles. The molecule has 1 aromatic carbocycles. The Balaban J connectivity index is 1.30. The molecule has 3 saturated heterocycles. The quantitative estimate of drug-likeness (QED) is 0.784. The average molecular weight is 387 g/mol. The number of benzene rings is 1. The lowest BCUT2D eigenvalue weighted by molar-refractivity contribution is -0.142. The zero-order valence-corrected chi connectivity index (χ0v) is 16.5. The molecular formula is C21H29N3O4. The fraction of sp³-hybridized carbons (Fsp3) is 0.619. The summed E-state index contributed by atoms with van der Waals surface area (Å²) < 4.78 is 10.8. The first-order chi connectivity index (χ1) is 13.7. The molecule has 0 N–H and O–H groups in total. The number of methoxy groups -OCH3 is 1. The Hall–Kier alpha value is -2.12. The van der Waals surface area contributed by atoms with Crippen molar-refractivity contribution in [1.82, 2.24) is 9.80 Å². The molecule has 0 radical (unpaired) electrons. The fourth-order valence-corrected chi connectivity index (χ4v) is 4.48. The van der Waals surface area contributed by atoms with Crippen molar-refractivity contribution >= 4 is 17.5 Å². The molecule has 7 heteroatoms. The lowest BCUT2D eigenvalue weighted by Gasteiger charge is -2.42. The number of rotatable bonds is 4. The lowest BCUT2D eigenvalue weighted by Crippen LogP contribution is -2.56. The number of nitrogens with zero attached hydrogens (tertiary/aromatic N) is 3. The zero-order chi connectivity index (χ0) is 19.5. The van der Waals surface area contributed by atoms with Gasteiger partial charge in [0.1, 0.15) is 11.9 Å². The number of amides is 2. The highest BCUT2D eigenvalue weighted by Gasteiger charge is 2.35. The molecule has 0 saturated carbocycles. The van der Waals surface area contributed by atoms with E-state index in [9.17, 15) is 9.59 Å². The summed E-state index contributed by atoms with van der Waals surface area (Å²) in [5.41, 5.74) is 0.890. The number of likely N-dealkylation sites (tertiary alicyclic amines) is 1. The van der Waals surface area contributed by atoms with Crippen LogP contribution in [0.2, 0.25) is 0 Å². The van der Waals surface area contributed by atoms with E-state index in [1.54, 1.807) is 7.11 Å². The Morgan fingerprint density at radius 3 is 2.64 bits per heavy atom. The summed E-state index contributed by atoms with van der Waals surface area (Å²) >= 11 is 0. The Labute approximate surface area is 166 Å². The molecular weight excluding hydrogens is 358 g/mol. The van der Waals surface area contributed by atoms with Gasteiger partial charge in [-0.05, 0) is 37.8 Å². The number of hydrogen-bond donors (Lipinski definition) is 0. The van der Waals surface area contributed by atoms with Gasteiger partial charge in [-0.1, -0.05) is 6.07 Å². The minimum absolute atomic E-state index is 0.123. The number of carbonyl (C=O) groups excluding carboxylic acids is 2. The van der Waals surface area contributed by atoms with E-state index < -0.39 is 0 Å². The third-order valence-corrected chi connectivity index (χ3v) is 6.11. The normalized spacial score (nSPS) is 24.6. The minimum atomic E-state index is -0.232. The predicted octanol–water partition coefficient (Wildman–Crippen LogP) is 1.51. The van der Waals surface area contributed by atoms with Crippen LogP contribution in [0.15, 0.2) is 24.3 Å². The highest BCUT2D eigenvalue weighted by atomic mass is 16.5. The van der Waals surface area contributed by atoms with E-state index in [0.29, 0.717) is 25.7 Å². The van der Waals surface area contributed by atoms with E-state index >= 15 is 0 Å². The molecule has 1 atom stereocenters. The monoisotopic (exact) mass is 387 g/mol. The summed E-state index contributed by atoms with van der Waals surface area (Å²) in [4.78, 5) is 31.3. The van der Waals surface area contributed by atoms with Crippen LogP contribution in [0, 0.1) is 0 Å². The highest BCUT2D eigenvalue weighted by molar-refractivity contribution is 5.95. The Bertz CT molecular complexity index is 711. The van der Waals surface area contributed by atoms with Crippen molar-refractivity contribution in [1.29, 1.82) is 0 Å². The van der Waals surface area contributed by atoms with Crippen molar-refractivity contribution in [3.8, 4) is 5.75 Å². The van der Waals surface area contributed by atoms with Gasteiger partial charge in [-0.3, -0.25) is 14.5 Å². The molecule has 1 aromatic rings. The molecule has 152 valence electrons. The van der Waals surface area contributed by atoms with Gasteiger partial charge >= 0.3 is 0 Å². The van der Waals surface area contributed by atoms with Crippen LogP contribution in [-0.2, 0) is 14.3 Å². The van der Waals surface area contributed by atoms with Crippen molar-refractivity contribution in [2.75, 3.05) is 51.3 Å².